The first-order valence-electron chi connectivity index (χ1n) is 5.83. The molecule has 0 spiro atoms. The van der Waals surface area contributed by atoms with Crippen molar-refractivity contribution in [3.8, 4) is 6.07 Å². The predicted molar refractivity (Wildman–Crippen MR) is 69.8 cm³/mol. The van der Waals surface area contributed by atoms with E-state index in [0.717, 1.165) is 25.0 Å². The van der Waals surface area contributed by atoms with Crippen molar-refractivity contribution in [2.45, 2.75) is 24.5 Å². The summed E-state index contributed by atoms with van der Waals surface area (Å²) < 4.78 is 13.4. The van der Waals surface area contributed by atoms with E-state index in [1.54, 1.807) is 23.9 Å². The van der Waals surface area contributed by atoms with Crippen LogP contribution < -0.4 is 5.32 Å². The van der Waals surface area contributed by atoms with Gasteiger partial charge in [-0.15, -0.1) is 11.8 Å². The maximum atomic E-state index is 13.4. The van der Waals surface area contributed by atoms with Crippen LogP contribution in [-0.2, 0) is 4.79 Å². The van der Waals surface area contributed by atoms with Crippen LogP contribution in [0.25, 0.3) is 0 Å². The van der Waals surface area contributed by atoms with Crippen molar-refractivity contribution in [3.05, 3.63) is 29.6 Å². The molecule has 0 radical (unpaired) electrons. The van der Waals surface area contributed by atoms with Gasteiger partial charge >= 0.3 is 0 Å². The number of amides is 1. The smallest absolute Gasteiger partial charge is 0.237 e. The number of anilines is 1. The second-order valence-corrected chi connectivity index (χ2v) is 5.43. The number of hydrogen-bond acceptors (Lipinski definition) is 3. The van der Waals surface area contributed by atoms with E-state index in [0.29, 0.717) is 0 Å². The molecule has 1 aromatic rings. The van der Waals surface area contributed by atoms with E-state index in [2.05, 4.69) is 5.32 Å². The van der Waals surface area contributed by atoms with E-state index in [-0.39, 0.29) is 22.4 Å². The molecule has 1 atom stereocenters. The number of hydrogen-bond donors (Lipinski definition) is 1. The second-order valence-electron chi connectivity index (χ2n) is 4.12. The molecule has 1 unspecified atom stereocenters. The maximum absolute atomic E-state index is 13.4. The van der Waals surface area contributed by atoms with Gasteiger partial charge < -0.3 is 5.32 Å². The topological polar surface area (TPSA) is 52.9 Å². The van der Waals surface area contributed by atoms with Crippen molar-refractivity contribution in [2.75, 3.05) is 11.1 Å². The van der Waals surface area contributed by atoms with Gasteiger partial charge in [0.2, 0.25) is 5.91 Å². The number of halogens is 1. The zero-order valence-electron chi connectivity index (χ0n) is 9.78. The highest BCUT2D eigenvalue weighted by Gasteiger charge is 2.22. The highest BCUT2D eigenvalue weighted by molar-refractivity contribution is 8.00. The van der Waals surface area contributed by atoms with Crippen LogP contribution in [0.3, 0.4) is 0 Å². The van der Waals surface area contributed by atoms with Gasteiger partial charge in [-0.3, -0.25) is 4.79 Å². The molecule has 1 aliphatic rings. The zero-order chi connectivity index (χ0) is 13.0. The normalized spacial score (nSPS) is 19.0. The van der Waals surface area contributed by atoms with Crippen LogP contribution in [0.5, 0.6) is 0 Å². The number of thioether (sulfide) groups is 1. The minimum absolute atomic E-state index is 0.0893. The van der Waals surface area contributed by atoms with Gasteiger partial charge in [0.25, 0.3) is 0 Å². The van der Waals surface area contributed by atoms with Crippen LogP contribution in [0.1, 0.15) is 24.8 Å². The monoisotopic (exact) mass is 264 g/mol. The summed E-state index contributed by atoms with van der Waals surface area (Å²) in [6, 6.07) is 6.02. The third kappa shape index (κ3) is 2.82. The molecular weight excluding hydrogens is 251 g/mol. The fourth-order valence-electron chi connectivity index (χ4n) is 1.90. The van der Waals surface area contributed by atoms with E-state index >= 15 is 0 Å². The van der Waals surface area contributed by atoms with Gasteiger partial charge in [-0.05, 0) is 30.7 Å². The summed E-state index contributed by atoms with van der Waals surface area (Å²) >= 11 is 1.62. The molecule has 3 nitrogen and oxygen atoms in total. The molecule has 5 heteroatoms. The fraction of sp³-hybridized carbons (Fsp3) is 0.385. The first-order chi connectivity index (χ1) is 8.72. The molecule has 1 aromatic carbocycles. The Hall–Kier alpha value is -1.54. The zero-order valence-corrected chi connectivity index (χ0v) is 10.6. The summed E-state index contributed by atoms with van der Waals surface area (Å²) in [7, 11) is 0. The molecule has 1 aliphatic heterocycles. The molecule has 94 valence electrons. The van der Waals surface area contributed by atoms with Crippen molar-refractivity contribution in [3.63, 3.8) is 0 Å². The van der Waals surface area contributed by atoms with Crippen LogP contribution in [0, 0.1) is 17.1 Å². The molecule has 18 heavy (non-hydrogen) atoms. The van der Waals surface area contributed by atoms with Gasteiger partial charge in [-0.25, -0.2) is 4.39 Å². The summed E-state index contributed by atoms with van der Waals surface area (Å²) in [5, 5.41) is 11.4. The van der Waals surface area contributed by atoms with Crippen LogP contribution in [0.2, 0.25) is 0 Å². The number of carbonyl (C=O) groups excluding carboxylic acids is 1. The minimum Gasteiger partial charge on any atom is -0.324 e. The molecule has 0 aliphatic carbocycles. The lowest BCUT2D eigenvalue weighted by Gasteiger charge is -2.20. The van der Waals surface area contributed by atoms with E-state index in [4.69, 9.17) is 5.26 Å². The van der Waals surface area contributed by atoms with Crippen LogP contribution in [-0.4, -0.2) is 16.9 Å². The van der Waals surface area contributed by atoms with Gasteiger partial charge in [0.15, 0.2) is 0 Å². The Labute approximate surface area is 109 Å². The van der Waals surface area contributed by atoms with Crippen molar-refractivity contribution in [2.24, 2.45) is 0 Å². The molecule has 1 N–H and O–H groups in total. The van der Waals surface area contributed by atoms with E-state index in [1.165, 1.54) is 12.1 Å². The van der Waals surface area contributed by atoms with Crippen LogP contribution in [0.4, 0.5) is 10.1 Å². The summed E-state index contributed by atoms with van der Waals surface area (Å²) in [5.74, 6) is 0.236. The Morgan fingerprint density at radius 2 is 2.33 bits per heavy atom. The fourth-order valence-corrected chi connectivity index (χ4v) is 3.10. The number of carbonyl (C=O) groups is 1. The first kappa shape index (κ1) is 12.9. The minimum atomic E-state index is -0.605. The van der Waals surface area contributed by atoms with Gasteiger partial charge in [-0.2, -0.15) is 5.26 Å². The van der Waals surface area contributed by atoms with Crippen molar-refractivity contribution in [1.29, 1.82) is 5.26 Å². The van der Waals surface area contributed by atoms with E-state index in [9.17, 15) is 9.18 Å². The molecule has 1 heterocycles. The SMILES string of the molecule is N#Cc1c(F)cccc1NC(=O)C1CCCCS1. The van der Waals surface area contributed by atoms with Crippen molar-refractivity contribution < 1.29 is 9.18 Å². The summed E-state index contributed by atoms with van der Waals surface area (Å²) in [6.45, 7) is 0. The highest BCUT2D eigenvalue weighted by Crippen LogP contribution is 2.27. The van der Waals surface area contributed by atoms with Gasteiger partial charge in [0, 0.05) is 0 Å². The lowest BCUT2D eigenvalue weighted by molar-refractivity contribution is -0.115. The quantitative estimate of drug-likeness (QED) is 0.893. The Bertz CT molecular complexity index is 492. The van der Waals surface area contributed by atoms with Gasteiger partial charge in [0.1, 0.15) is 17.4 Å². The van der Waals surface area contributed by atoms with Crippen molar-refractivity contribution >= 4 is 23.4 Å². The lowest BCUT2D eigenvalue weighted by atomic mass is 10.1. The first-order valence-corrected chi connectivity index (χ1v) is 6.88. The van der Waals surface area contributed by atoms with E-state index < -0.39 is 5.82 Å². The Balaban J connectivity index is 2.12. The largest absolute Gasteiger partial charge is 0.324 e. The molecule has 1 amide bonds. The summed E-state index contributed by atoms with van der Waals surface area (Å²) in [6.07, 6.45) is 3.02. The van der Waals surface area contributed by atoms with Crippen LogP contribution in [0.15, 0.2) is 18.2 Å². The predicted octanol–water partition coefficient (Wildman–Crippen LogP) is 2.92. The number of benzene rings is 1. The van der Waals surface area contributed by atoms with Crippen LogP contribution >= 0.6 is 11.8 Å². The standard InChI is InChI=1S/C13H13FN2OS/c14-10-4-3-5-11(9(10)8-15)16-13(17)12-6-1-2-7-18-12/h3-5,12H,1-2,6-7H2,(H,16,17). The molecule has 0 bridgehead atoms. The molecule has 1 saturated heterocycles. The Kier molecular flexibility index (Phi) is 4.21. The van der Waals surface area contributed by atoms with Gasteiger partial charge in [0.05, 0.1) is 10.9 Å². The Morgan fingerprint density at radius 1 is 1.50 bits per heavy atom. The number of nitrogens with zero attached hydrogens (tertiary/aromatic N) is 1. The highest BCUT2D eigenvalue weighted by atomic mass is 32.2. The number of nitrogens with one attached hydrogen (secondary N) is 1. The summed E-state index contributed by atoms with van der Waals surface area (Å²) in [5.41, 5.74) is 0.153. The average molecular weight is 264 g/mol. The molecule has 2 rings (SSSR count). The summed E-state index contributed by atoms with van der Waals surface area (Å²) in [4.78, 5) is 12.0. The third-order valence-corrected chi connectivity index (χ3v) is 4.23. The molecule has 0 aromatic heterocycles. The number of nitriles is 1. The molecule has 0 saturated carbocycles. The average Bonchev–Trinajstić information content (AvgIpc) is 2.40. The second kappa shape index (κ2) is 5.87. The molecular formula is C13H13FN2OS. The van der Waals surface area contributed by atoms with Gasteiger partial charge in [-0.1, -0.05) is 12.5 Å². The van der Waals surface area contributed by atoms with Crippen molar-refractivity contribution in [1.82, 2.24) is 0 Å². The Morgan fingerprint density at radius 3 is 3.00 bits per heavy atom. The molecule has 1 fully saturated rings. The third-order valence-electron chi connectivity index (χ3n) is 2.86. The maximum Gasteiger partial charge on any atom is 0.237 e. The van der Waals surface area contributed by atoms with E-state index in [1.807, 2.05) is 0 Å². The number of rotatable bonds is 2. The lowest BCUT2D eigenvalue weighted by Crippen LogP contribution is -2.27.